The van der Waals surface area contributed by atoms with E-state index in [-0.39, 0.29) is 11.0 Å². The fraction of sp³-hybridized carbons (Fsp3) is 0.923. The number of carbonyl (C=O) groups excluding carboxylic acids is 1. The second-order valence-electron chi connectivity index (χ2n) is 5.47. The van der Waals surface area contributed by atoms with Gasteiger partial charge in [-0.05, 0) is 26.7 Å². The van der Waals surface area contributed by atoms with Gasteiger partial charge in [-0.15, -0.1) is 0 Å². The molecule has 1 rings (SSSR count). The summed E-state index contributed by atoms with van der Waals surface area (Å²) in [4.78, 5) is 13.7. The van der Waals surface area contributed by atoms with E-state index in [9.17, 15) is 4.79 Å². The highest BCUT2D eigenvalue weighted by atomic mass is 16.5. The van der Waals surface area contributed by atoms with Gasteiger partial charge in [0.15, 0.2) is 0 Å². The number of carbonyl (C=O) groups is 1. The summed E-state index contributed by atoms with van der Waals surface area (Å²) in [5, 5.41) is 0. The van der Waals surface area contributed by atoms with Crippen molar-refractivity contribution < 1.29 is 9.53 Å². The van der Waals surface area contributed by atoms with Gasteiger partial charge in [0.1, 0.15) is 6.29 Å². The Kier molecular flexibility index (Phi) is 4.51. The van der Waals surface area contributed by atoms with Crippen LogP contribution in [0, 0.1) is 5.41 Å². The van der Waals surface area contributed by atoms with E-state index >= 15 is 0 Å². The number of morpholine rings is 1. The van der Waals surface area contributed by atoms with Crippen LogP contribution in [-0.4, -0.2) is 43.0 Å². The van der Waals surface area contributed by atoms with E-state index in [4.69, 9.17) is 4.74 Å². The first-order valence-electron chi connectivity index (χ1n) is 6.29. The molecule has 3 heteroatoms. The summed E-state index contributed by atoms with van der Waals surface area (Å²) in [5.74, 6) is 0. The van der Waals surface area contributed by atoms with E-state index in [1.165, 1.54) is 0 Å². The van der Waals surface area contributed by atoms with Crippen LogP contribution in [0.1, 0.15) is 40.5 Å². The van der Waals surface area contributed by atoms with E-state index in [1.807, 2.05) is 0 Å². The minimum atomic E-state index is -0.172. The average Bonchev–Trinajstić information content (AvgIpc) is 2.28. The number of aldehydes is 1. The lowest BCUT2D eigenvalue weighted by molar-refractivity contribution is -0.122. The van der Waals surface area contributed by atoms with Crippen LogP contribution < -0.4 is 0 Å². The highest BCUT2D eigenvalue weighted by Gasteiger charge is 2.36. The van der Waals surface area contributed by atoms with Crippen molar-refractivity contribution in [2.24, 2.45) is 5.41 Å². The first-order valence-corrected chi connectivity index (χ1v) is 6.29. The van der Waals surface area contributed by atoms with Crippen LogP contribution >= 0.6 is 0 Å². The first kappa shape index (κ1) is 13.7. The maximum absolute atomic E-state index is 11.3. The predicted octanol–water partition coefficient (Wildman–Crippen LogP) is 2.10. The molecule has 0 aliphatic carbocycles. The molecule has 0 atom stereocenters. The molecule has 0 unspecified atom stereocenters. The number of nitrogens with zero attached hydrogens (tertiary/aromatic N) is 1. The normalized spacial score (nSPS) is 22.0. The van der Waals surface area contributed by atoms with Crippen LogP contribution in [0.4, 0.5) is 0 Å². The third-order valence-electron chi connectivity index (χ3n) is 3.98. The third kappa shape index (κ3) is 2.83. The molecule has 0 amide bonds. The highest BCUT2D eigenvalue weighted by Crippen LogP contribution is 2.29. The molecular formula is C13H25NO2. The van der Waals surface area contributed by atoms with Gasteiger partial charge in [-0.2, -0.15) is 0 Å². The van der Waals surface area contributed by atoms with Crippen molar-refractivity contribution >= 4 is 6.29 Å². The summed E-state index contributed by atoms with van der Waals surface area (Å²) in [7, 11) is 0. The Hall–Kier alpha value is -0.410. The Balaban J connectivity index is 2.73. The molecule has 1 fully saturated rings. The quantitative estimate of drug-likeness (QED) is 0.674. The fourth-order valence-corrected chi connectivity index (χ4v) is 2.24. The predicted molar refractivity (Wildman–Crippen MR) is 65.6 cm³/mol. The number of rotatable bonds is 5. The SMILES string of the molecule is CCC(C=O)(CC)CN1CCOCC1(C)C. The lowest BCUT2D eigenvalue weighted by Gasteiger charge is -2.45. The van der Waals surface area contributed by atoms with Crippen LogP contribution in [0.3, 0.4) is 0 Å². The molecule has 0 aromatic carbocycles. The molecule has 1 aliphatic rings. The molecule has 16 heavy (non-hydrogen) atoms. The summed E-state index contributed by atoms with van der Waals surface area (Å²) in [6.45, 7) is 11.9. The lowest BCUT2D eigenvalue weighted by atomic mass is 9.82. The molecule has 1 heterocycles. The molecule has 1 saturated heterocycles. The van der Waals surface area contributed by atoms with Crippen LogP contribution in [0.5, 0.6) is 0 Å². The Bertz CT molecular complexity index is 234. The van der Waals surface area contributed by atoms with Crippen LogP contribution in [0.25, 0.3) is 0 Å². The molecule has 0 N–H and O–H groups in total. The van der Waals surface area contributed by atoms with E-state index in [0.29, 0.717) is 0 Å². The van der Waals surface area contributed by atoms with Gasteiger partial charge in [-0.25, -0.2) is 0 Å². The van der Waals surface area contributed by atoms with Crippen molar-refractivity contribution in [1.29, 1.82) is 0 Å². The fourth-order valence-electron chi connectivity index (χ4n) is 2.24. The zero-order chi connectivity index (χ0) is 12.2. The van der Waals surface area contributed by atoms with Crippen LogP contribution in [0.15, 0.2) is 0 Å². The lowest BCUT2D eigenvalue weighted by Crippen LogP contribution is -2.56. The number of hydrogen-bond acceptors (Lipinski definition) is 3. The minimum Gasteiger partial charge on any atom is -0.378 e. The van der Waals surface area contributed by atoms with Crippen molar-refractivity contribution in [2.75, 3.05) is 26.3 Å². The van der Waals surface area contributed by atoms with Gasteiger partial charge in [0.2, 0.25) is 0 Å². The maximum Gasteiger partial charge on any atom is 0.127 e. The maximum atomic E-state index is 11.3. The summed E-state index contributed by atoms with van der Waals surface area (Å²) in [6.07, 6.45) is 2.99. The second-order valence-corrected chi connectivity index (χ2v) is 5.47. The largest absolute Gasteiger partial charge is 0.378 e. The van der Waals surface area contributed by atoms with Crippen molar-refractivity contribution in [1.82, 2.24) is 4.90 Å². The van der Waals surface area contributed by atoms with Gasteiger partial charge in [0.25, 0.3) is 0 Å². The standard InChI is InChI=1S/C13H25NO2/c1-5-13(6-2,10-15)9-14-7-8-16-11-12(14,3)4/h10H,5-9,11H2,1-4H3. The van der Waals surface area contributed by atoms with Crippen LogP contribution in [0.2, 0.25) is 0 Å². The Labute approximate surface area is 99.1 Å². The molecule has 0 radical (unpaired) electrons. The second kappa shape index (κ2) is 5.28. The Morgan fingerprint density at radius 1 is 1.38 bits per heavy atom. The molecule has 0 spiro atoms. The molecule has 3 nitrogen and oxygen atoms in total. The number of hydrogen-bond donors (Lipinski definition) is 0. The van der Waals surface area contributed by atoms with Gasteiger partial charge < -0.3 is 9.53 Å². The van der Waals surface area contributed by atoms with E-state index in [2.05, 4.69) is 32.6 Å². The molecule has 0 aromatic rings. The Morgan fingerprint density at radius 3 is 2.44 bits per heavy atom. The molecule has 1 aliphatic heterocycles. The van der Waals surface area contributed by atoms with Gasteiger partial charge in [-0.1, -0.05) is 13.8 Å². The summed E-state index contributed by atoms with van der Waals surface area (Å²) >= 11 is 0. The topological polar surface area (TPSA) is 29.5 Å². The molecule has 94 valence electrons. The molecular weight excluding hydrogens is 202 g/mol. The van der Waals surface area contributed by atoms with Gasteiger partial charge in [0, 0.05) is 24.0 Å². The van der Waals surface area contributed by atoms with Gasteiger partial charge in [0.05, 0.1) is 13.2 Å². The highest BCUT2D eigenvalue weighted by molar-refractivity contribution is 5.59. The van der Waals surface area contributed by atoms with Gasteiger partial charge >= 0.3 is 0 Å². The smallest absolute Gasteiger partial charge is 0.127 e. The van der Waals surface area contributed by atoms with E-state index in [0.717, 1.165) is 45.4 Å². The van der Waals surface area contributed by atoms with Crippen molar-refractivity contribution in [3.05, 3.63) is 0 Å². The molecule has 0 bridgehead atoms. The van der Waals surface area contributed by atoms with Crippen molar-refractivity contribution in [3.63, 3.8) is 0 Å². The summed E-state index contributed by atoms with van der Waals surface area (Å²) in [5.41, 5.74) is -0.120. The van der Waals surface area contributed by atoms with Crippen LogP contribution in [-0.2, 0) is 9.53 Å². The van der Waals surface area contributed by atoms with Gasteiger partial charge in [-0.3, -0.25) is 4.90 Å². The number of ether oxygens (including phenoxy) is 1. The Morgan fingerprint density at radius 2 is 2.00 bits per heavy atom. The average molecular weight is 227 g/mol. The minimum absolute atomic E-state index is 0.0524. The summed E-state index contributed by atoms with van der Waals surface area (Å²) < 4.78 is 5.50. The van der Waals surface area contributed by atoms with E-state index < -0.39 is 0 Å². The zero-order valence-electron chi connectivity index (χ0n) is 11.1. The third-order valence-corrected chi connectivity index (χ3v) is 3.98. The summed E-state index contributed by atoms with van der Waals surface area (Å²) in [6, 6.07) is 0. The zero-order valence-corrected chi connectivity index (χ0v) is 11.1. The molecule has 0 aromatic heterocycles. The van der Waals surface area contributed by atoms with Crippen molar-refractivity contribution in [3.8, 4) is 0 Å². The first-order chi connectivity index (χ1) is 7.49. The molecule has 0 saturated carbocycles. The van der Waals surface area contributed by atoms with Crippen molar-refractivity contribution in [2.45, 2.75) is 46.1 Å². The van der Waals surface area contributed by atoms with E-state index in [1.54, 1.807) is 0 Å². The monoisotopic (exact) mass is 227 g/mol.